The standard InChI is InChI=1S/C78H130N6O56/c1-18(95)79-35-47(107)59(28(11-89)121-68(35)119)132-70-37(81-20(3)97)50(110)63(32(15-93)126-70)137-76-58(118)65(45(105)34(131-76)17-120-77-66(54(114)44(104)27(10-88)125-77)139-72-40(84-23(6)100)51(111)62(31(14-92)129-72)136-75-56(116)53(113)43(103)26(9-87)124-75)138-78-67(140-73-39(83-22(5)99)48(108)60(29(12-90)128-73)133-69-36(80-19(2)96)46(106)41(101)24(7-85)122-69)57(117)64(33(16-94)130-78)134-71-38(82-21(4)98)49(109)61(30(13-91)127-71)135-74-55(115)52(112)42(102)25(8-86)123-74/h24-78,85-94,101-119H,7-17H2,1-6H3,(H,79,95)(H,80,96)(H,81,97)(H,82,98)(H,83,99)(H,84,100)/t24-,25-,26-,27-,28-,29-,30-,31-,32-,33-,34-,35-,36-,37-,38-,39-,40-,41+,42+,43+,44-,45-,46-,47-,48-,49-,50-,51-,52+,53+,54+,55-,56-,57+,58+,59-,60-,61-,62-,63-,64-,65+,66+,67+,68-,69+,70+,71+,72+,73+,74+,75+,76+,77+,78-/m1/s1. The molecular weight excluding hydrogens is 1920 g/mol. The average molecular weight is 2050 g/mol. The van der Waals surface area contributed by atoms with Gasteiger partial charge in [-0.1, -0.05) is 0 Å². The minimum Gasteiger partial charge on any atom is -0.394 e. The minimum atomic E-state index is -2.76. The highest BCUT2D eigenvalue weighted by Gasteiger charge is 2.64. The number of ether oxygens (including phenoxy) is 21. The number of hydrogen-bond donors (Lipinski definition) is 35. The lowest BCUT2D eigenvalue weighted by Gasteiger charge is -2.52. The van der Waals surface area contributed by atoms with Crippen molar-refractivity contribution in [2.75, 3.05) is 72.7 Å². The van der Waals surface area contributed by atoms with E-state index in [4.69, 9.17) is 99.5 Å². The third-order valence-corrected chi connectivity index (χ3v) is 25.4. The van der Waals surface area contributed by atoms with Gasteiger partial charge in [0.15, 0.2) is 69.2 Å². The van der Waals surface area contributed by atoms with E-state index in [-0.39, 0.29) is 0 Å². The van der Waals surface area contributed by atoms with Gasteiger partial charge in [-0.25, -0.2) is 0 Å². The molecule has 0 aromatic heterocycles. The van der Waals surface area contributed by atoms with Crippen molar-refractivity contribution in [2.45, 2.75) is 379 Å². The van der Waals surface area contributed by atoms with Crippen LogP contribution in [0.5, 0.6) is 0 Å². The Labute approximate surface area is 792 Å². The first-order chi connectivity index (χ1) is 66.3. The molecule has 0 aliphatic carbocycles. The molecule has 11 aliphatic heterocycles. The molecule has 55 atom stereocenters. The van der Waals surface area contributed by atoms with Crippen LogP contribution in [-0.4, -0.2) is 594 Å². The molecule has 0 spiro atoms. The van der Waals surface area contributed by atoms with Crippen molar-refractivity contribution in [3.8, 4) is 0 Å². The molecule has 62 nitrogen and oxygen atoms in total. The molecule has 6 amide bonds. The van der Waals surface area contributed by atoms with Crippen LogP contribution in [0.2, 0.25) is 0 Å². The molecule has 0 saturated carbocycles. The minimum absolute atomic E-state index is 0.832. The Hall–Kier alpha value is -5.18. The van der Waals surface area contributed by atoms with Crippen LogP contribution < -0.4 is 31.9 Å². The summed E-state index contributed by atoms with van der Waals surface area (Å²) in [6.07, 6.45) is -107. The summed E-state index contributed by atoms with van der Waals surface area (Å²) in [6, 6.07) is -11.7. The molecule has 62 heteroatoms. The van der Waals surface area contributed by atoms with Gasteiger partial charge in [0.1, 0.15) is 268 Å². The van der Waals surface area contributed by atoms with Crippen LogP contribution in [0.25, 0.3) is 0 Å². The van der Waals surface area contributed by atoms with Crippen LogP contribution in [-0.2, 0) is 128 Å². The Morgan fingerprint density at radius 3 is 0.721 bits per heavy atom. The second kappa shape index (κ2) is 50.7. The second-order valence-corrected chi connectivity index (χ2v) is 35.2. The fourth-order valence-corrected chi connectivity index (χ4v) is 18.2. The van der Waals surface area contributed by atoms with E-state index in [0.29, 0.717) is 0 Å². The van der Waals surface area contributed by atoms with Gasteiger partial charge in [-0.05, 0) is 0 Å². The number of amides is 6. The number of rotatable bonds is 37. The van der Waals surface area contributed by atoms with Crippen molar-refractivity contribution < 1.29 is 276 Å². The van der Waals surface area contributed by atoms with Gasteiger partial charge < -0.3 is 279 Å². The Kier molecular flexibility index (Phi) is 41.7. The summed E-state index contributed by atoms with van der Waals surface area (Å²) in [5.41, 5.74) is 0. The van der Waals surface area contributed by atoms with Crippen molar-refractivity contribution in [1.29, 1.82) is 0 Å². The SMILES string of the molecule is CC(=O)N[C@@H]1[C@@H](O)[C@H](O[C@@H]2O[C@H](CO)[C@@H](O[C@@H]3O[C@H](CO[C@H]4O[C@H](CO)[C@@H](O)[C@H](O)[C@@H]4O[C@@H]4O[C@H](CO)[C@@H](O[C@@H]5O[C@H](CO)[C@H](O)[C@H](O)[C@H]5O)[C@H](O)[C@H]4NC(C)=O)[C@@H](O)[C@H](O[C@H]4O[C@H](CO)[C@@H](O[C@@H]5O[C@H](CO)[C@@H](O[C@@H]6O[C@H](CO)[C@H](O)[C@H](O)[C@H]6O)[C@H](O)[C@H]5NC(C)=O)[C@H](O)[C@@H]4O[C@@H]4O[C@H](CO)[C@@H](O[C@@H]5O[C@H](CO)[C@H](O)[C@H](O)[C@H]5NC(C)=O)[C@H](O)[C@H]4NC(C)=O)[C@@H]3O)[C@H](O)[C@H]2NC(C)=O)[C@@H](CO)O[C@H]1O. The Morgan fingerprint density at radius 1 is 0.186 bits per heavy atom. The van der Waals surface area contributed by atoms with Crippen LogP contribution in [0.1, 0.15) is 41.5 Å². The monoisotopic (exact) mass is 2050 g/mol. The number of hydrogen-bond acceptors (Lipinski definition) is 56. The summed E-state index contributed by atoms with van der Waals surface area (Å²) < 4.78 is 127. The zero-order chi connectivity index (χ0) is 103. The van der Waals surface area contributed by atoms with Gasteiger partial charge in [0.2, 0.25) is 35.4 Å². The largest absolute Gasteiger partial charge is 0.394 e. The predicted molar refractivity (Wildman–Crippen MR) is 432 cm³/mol. The topological polar surface area (TPSA) is 955 Å². The third-order valence-electron chi connectivity index (χ3n) is 25.4. The van der Waals surface area contributed by atoms with Gasteiger partial charge in [-0.2, -0.15) is 0 Å². The lowest BCUT2D eigenvalue weighted by molar-refractivity contribution is -0.406. The summed E-state index contributed by atoms with van der Waals surface area (Å²) in [5.74, 6) is -5.80. The van der Waals surface area contributed by atoms with E-state index in [1.165, 1.54) is 0 Å². The Balaban J connectivity index is 0.991. The second-order valence-electron chi connectivity index (χ2n) is 35.2. The summed E-state index contributed by atoms with van der Waals surface area (Å²) in [7, 11) is 0. The molecule has 808 valence electrons. The van der Waals surface area contributed by atoms with Crippen molar-refractivity contribution in [2.24, 2.45) is 0 Å². The molecule has 0 bridgehead atoms. The van der Waals surface area contributed by atoms with Crippen molar-refractivity contribution in [3.05, 3.63) is 0 Å². The molecule has 0 radical (unpaired) electrons. The number of nitrogens with one attached hydrogen (secondary N) is 6. The molecule has 11 rings (SSSR count). The third kappa shape index (κ3) is 25.7. The van der Waals surface area contributed by atoms with Crippen molar-refractivity contribution in [3.63, 3.8) is 0 Å². The van der Waals surface area contributed by atoms with Gasteiger partial charge in [-0.3, -0.25) is 28.8 Å². The van der Waals surface area contributed by atoms with Crippen LogP contribution in [0, 0.1) is 0 Å². The fourth-order valence-electron chi connectivity index (χ4n) is 18.2. The highest BCUT2D eigenvalue weighted by molar-refractivity contribution is 5.75. The van der Waals surface area contributed by atoms with E-state index in [0.717, 1.165) is 41.5 Å². The average Bonchev–Trinajstić information content (AvgIpc) is 0.760. The summed E-state index contributed by atoms with van der Waals surface area (Å²) in [4.78, 5) is 78.0. The van der Waals surface area contributed by atoms with E-state index in [2.05, 4.69) is 31.9 Å². The molecule has 35 N–H and O–H groups in total. The quantitative estimate of drug-likeness (QED) is 0.0275. The van der Waals surface area contributed by atoms with Crippen LogP contribution in [0.3, 0.4) is 0 Å². The van der Waals surface area contributed by atoms with Gasteiger partial charge in [0.25, 0.3) is 0 Å². The van der Waals surface area contributed by atoms with Crippen molar-refractivity contribution in [1.82, 2.24) is 31.9 Å². The Bertz CT molecular complexity index is 3920. The van der Waals surface area contributed by atoms with Gasteiger partial charge in [-0.15, -0.1) is 0 Å². The molecule has 11 heterocycles. The lowest BCUT2D eigenvalue weighted by atomic mass is 9.93. The van der Waals surface area contributed by atoms with E-state index in [1.807, 2.05) is 0 Å². The first kappa shape index (κ1) is 115. The van der Waals surface area contributed by atoms with E-state index < -0.39 is 446 Å². The summed E-state index contributed by atoms with van der Waals surface area (Å²) in [6.45, 7) is -7.45. The number of aliphatic hydroxyl groups is 29. The van der Waals surface area contributed by atoms with Crippen LogP contribution in [0.4, 0.5) is 0 Å². The first-order valence-electron chi connectivity index (χ1n) is 44.6. The molecule has 0 aromatic carbocycles. The van der Waals surface area contributed by atoms with Crippen LogP contribution in [0.15, 0.2) is 0 Å². The number of aliphatic hydroxyl groups excluding tert-OH is 29. The van der Waals surface area contributed by atoms with Gasteiger partial charge in [0, 0.05) is 41.5 Å². The maximum absolute atomic E-state index is 13.5. The molecule has 11 saturated heterocycles. The smallest absolute Gasteiger partial charge is 0.217 e. The summed E-state index contributed by atoms with van der Waals surface area (Å²) >= 11 is 0. The molecule has 0 aromatic rings. The van der Waals surface area contributed by atoms with Crippen LogP contribution >= 0.6 is 0 Å². The zero-order valence-corrected chi connectivity index (χ0v) is 75.5. The van der Waals surface area contributed by atoms with E-state index in [9.17, 15) is 177 Å². The van der Waals surface area contributed by atoms with Crippen molar-refractivity contribution >= 4 is 35.4 Å². The molecule has 11 aliphatic rings. The van der Waals surface area contributed by atoms with Gasteiger partial charge >= 0.3 is 0 Å². The summed E-state index contributed by atoms with van der Waals surface area (Å²) in [5, 5.41) is 343. The highest BCUT2D eigenvalue weighted by atomic mass is 16.8. The lowest BCUT2D eigenvalue weighted by Crippen LogP contribution is -2.72. The predicted octanol–water partition coefficient (Wildman–Crippen LogP) is -24.1. The highest BCUT2D eigenvalue weighted by Crippen LogP contribution is 2.43. The van der Waals surface area contributed by atoms with Gasteiger partial charge in [0.05, 0.1) is 72.7 Å². The van der Waals surface area contributed by atoms with E-state index in [1.54, 1.807) is 0 Å². The van der Waals surface area contributed by atoms with E-state index >= 15 is 0 Å². The normalized spacial score (nSPS) is 48.1. The molecule has 11 fully saturated rings. The maximum Gasteiger partial charge on any atom is 0.217 e. The maximum atomic E-state index is 13.5. The zero-order valence-electron chi connectivity index (χ0n) is 75.5. The number of carbonyl (C=O) groups is 6. The number of carbonyl (C=O) groups excluding carboxylic acids is 6. The Morgan fingerprint density at radius 2 is 0.400 bits per heavy atom. The molecule has 140 heavy (non-hydrogen) atoms. The first-order valence-corrected chi connectivity index (χ1v) is 44.6. The molecule has 0 unspecified atom stereocenters. The molecular formula is C78H130N6O56. The fraction of sp³-hybridized carbons (Fsp3) is 0.923.